The second kappa shape index (κ2) is 6.20. The summed E-state index contributed by atoms with van der Waals surface area (Å²) in [5, 5.41) is 0. The zero-order valence-corrected chi connectivity index (χ0v) is 12.7. The zero-order chi connectivity index (χ0) is 16.4. The third-order valence-corrected chi connectivity index (χ3v) is 3.86. The smallest absolute Gasteiger partial charge is 0.338 e. The molecular formula is C18H16FNO3. The lowest BCUT2D eigenvalue weighted by Crippen LogP contribution is -2.38. The second-order valence-electron chi connectivity index (χ2n) is 5.53. The molecule has 0 N–H and O–H groups in total. The number of fused-ring (bicyclic) bond motifs is 1. The highest BCUT2D eigenvalue weighted by Gasteiger charge is 2.30. The first-order chi connectivity index (χ1) is 11.1. The highest BCUT2D eigenvalue weighted by atomic mass is 19.1. The Morgan fingerprint density at radius 2 is 2.00 bits per heavy atom. The first-order valence-corrected chi connectivity index (χ1v) is 7.39. The van der Waals surface area contributed by atoms with Crippen LogP contribution in [-0.2, 0) is 16.0 Å². The minimum Gasteiger partial charge on any atom is -0.452 e. The molecule has 0 fully saturated rings. The maximum atomic E-state index is 13.1. The number of rotatable bonds is 3. The zero-order valence-electron chi connectivity index (χ0n) is 12.7. The van der Waals surface area contributed by atoms with Crippen molar-refractivity contribution in [2.75, 3.05) is 11.5 Å². The molecule has 0 saturated heterocycles. The summed E-state index contributed by atoms with van der Waals surface area (Å²) < 4.78 is 18.1. The third kappa shape index (κ3) is 3.08. The number of hydrogen-bond acceptors (Lipinski definition) is 3. The summed E-state index contributed by atoms with van der Waals surface area (Å²) in [4.78, 5) is 25.9. The average Bonchev–Trinajstić information content (AvgIpc) is 2.88. The SMILES string of the molecule is C[C@@H]1Cc2ccccc2N1C(=O)COC(=O)c1cccc(F)c1. The number of benzene rings is 2. The van der Waals surface area contributed by atoms with Gasteiger partial charge < -0.3 is 9.64 Å². The average molecular weight is 313 g/mol. The summed E-state index contributed by atoms with van der Waals surface area (Å²) in [6.45, 7) is 1.58. The van der Waals surface area contributed by atoms with Crippen molar-refractivity contribution >= 4 is 17.6 Å². The number of esters is 1. The maximum Gasteiger partial charge on any atom is 0.338 e. The Balaban J connectivity index is 1.67. The van der Waals surface area contributed by atoms with Gasteiger partial charge in [0.1, 0.15) is 5.82 Å². The molecule has 0 bridgehead atoms. The van der Waals surface area contributed by atoms with E-state index in [4.69, 9.17) is 4.74 Å². The molecule has 0 spiro atoms. The van der Waals surface area contributed by atoms with Crippen molar-refractivity contribution in [3.63, 3.8) is 0 Å². The van der Waals surface area contributed by atoms with Crippen LogP contribution < -0.4 is 4.90 Å². The number of amides is 1. The summed E-state index contributed by atoms with van der Waals surface area (Å²) in [5.41, 5.74) is 2.05. The van der Waals surface area contributed by atoms with Crippen LogP contribution in [0, 0.1) is 5.82 Å². The lowest BCUT2D eigenvalue weighted by molar-refractivity contribution is -0.122. The molecule has 4 nitrogen and oxygen atoms in total. The topological polar surface area (TPSA) is 46.6 Å². The number of halogens is 1. The molecule has 2 aromatic carbocycles. The predicted molar refractivity (Wildman–Crippen MR) is 83.8 cm³/mol. The third-order valence-electron chi connectivity index (χ3n) is 3.86. The Morgan fingerprint density at radius 1 is 1.22 bits per heavy atom. The van der Waals surface area contributed by atoms with E-state index in [-0.39, 0.29) is 24.1 Å². The number of carbonyl (C=O) groups excluding carboxylic acids is 2. The van der Waals surface area contributed by atoms with E-state index in [1.807, 2.05) is 31.2 Å². The monoisotopic (exact) mass is 313 g/mol. The van der Waals surface area contributed by atoms with Crippen LogP contribution in [0.1, 0.15) is 22.8 Å². The molecule has 3 rings (SSSR count). The molecule has 1 heterocycles. The summed E-state index contributed by atoms with van der Waals surface area (Å²) in [5.74, 6) is -1.52. The Bertz CT molecular complexity index is 759. The Hall–Kier alpha value is -2.69. The van der Waals surface area contributed by atoms with Crippen molar-refractivity contribution in [1.82, 2.24) is 0 Å². The van der Waals surface area contributed by atoms with Gasteiger partial charge in [0.25, 0.3) is 5.91 Å². The Morgan fingerprint density at radius 3 is 2.78 bits per heavy atom. The number of para-hydroxylation sites is 1. The van der Waals surface area contributed by atoms with Crippen LogP contribution in [0.15, 0.2) is 48.5 Å². The van der Waals surface area contributed by atoms with E-state index in [2.05, 4.69) is 0 Å². The quantitative estimate of drug-likeness (QED) is 0.819. The minimum atomic E-state index is -0.710. The van der Waals surface area contributed by atoms with Crippen molar-refractivity contribution in [1.29, 1.82) is 0 Å². The summed E-state index contributed by atoms with van der Waals surface area (Å²) >= 11 is 0. The van der Waals surface area contributed by atoms with Crippen LogP contribution in [0.4, 0.5) is 10.1 Å². The van der Waals surface area contributed by atoms with E-state index < -0.39 is 11.8 Å². The van der Waals surface area contributed by atoms with Crippen molar-refractivity contribution in [3.8, 4) is 0 Å². The molecule has 1 aliphatic heterocycles. The van der Waals surface area contributed by atoms with Gasteiger partial charge in [-0.1, -0.05) is 24.3 Å². The summed E-state index contributed by atoms with van der Waals surface area (Å²) in [6, 6.07) is 12.9. The van der Waals surface area contributed by atoms with Gasteiger partial charge in [-0.2, -0.15) is 0 Å². The second-order valence-corrected chi connectivity index (χ2v) is 5.53. The van der Waals surface area contributed by atoms with Gasteiger partial charge in [0.2, 0.25) is 0 Å². The van der Waals surface area contributed by atoms with Gasteiger partial charge in [0.05, 0.1) is 5.56 Å². The van der Waals surface area contributed by atoms with Crippen LogP contribution in [0.25, 0.3) is 0 Å². The van der Waals surface area contributed by atoms with E-state index in [0.29, 0.717) is 0 Å². The largest absolute Gasteiger partial charge is 0.452 e. The molecule has 2 aromatic rings. The molecule has 1 atom stereocenters. The summed E-state index contributed by atoms with van der Waals surface area (Å²) in [7, 11) is 0. The Kier molecular flexibility index (Phi) is 4.10. The van der Waals surface area contributed by atoms with Crippen molar-refractivity contribution in [2.24, 2.45) is 0 Å². The van der Waals surface area contributed by atoms with E-state index in [1.54, 1.807) is 4.90 Å². The first-order valence-electron chi connectivity index (χ1n) is 7.39. The van der Waals surface area contributed by atoms with Crippen LogP contribution >= 0.6 is 0 Å². The number of anilines is 1. The molecule has 0 saturated carbocycles. The lowest BCUT2D eigenvalue weighted by atomic mass is 10.1. The molecule has 1 aliphatic rings. The molecule has 0 unspecified atom stereocenters. The van der Waals surface area contributed by atoms with Crippen molar-refractivity contribution in [3.05, 3.63) is 65.5 Å². The van der Waals surface area contributed by atoms with Gasteiger partial charge in [-0.25, -0.2) is 9.18 Å². The number of carbonyl (C=O) groups is 2. The van der Waals surface area contributed by atoms with Crippen LogP contribution in [0.5, 0.6) is 0 Å². The van der Waals surface area contributed by atoms with E-state index in [9.17, 15) is 14.0 Å². The van der Waals surface area contributed by atoms with Crippen LogP contribution in [0.2, 0.25) is 0 Å². The fourth-order valence-corrected chi connectivity index (χ4v) is 2.84. The molecule has 118 valence electrons. The standard InChI is InChI=1S/C18H16FNO3/c1-12-9-13-5-2-3-8-16(13)20(12)17(21)11-23-18(22)14-6-4-7-15(19)10-14/h2-8,10,12H,9,11H2,1H3/t12-/m1/s1. The molecule has 0 aromatic heterocycles. The van der Waals surface area contributed by atoms with Gasteiger partial charge in [-0.3, -0.25) is 4.79 Å². The number of ether oxygens (including phenoxy) is 1. The number of hydrogen-bond donors (Lipinski definition) is 0. The molecule has 0 aliphatic carbocycles. The van der Waals surface area contributed by atoms with Gasteiger partial charge >= 0.3 is 5.97 Å². The van der Waals surface area contributed by atoms with Crippen LogP contribution in [0.3, 0.4) is 0 Å². The highest BCUT2D eigenvalue weighted by Crippen LogP contribution is 2.31. The van der Waals surface area contributed by atoms with E-state index >= 15 is 0 Å². The molecular weight excluding hydrogens is 297 g/mol. The first kappa shape index (κ1) is 15.2. The van der Waals surface area contributed by atoms with E-state index in [1.165, 1.54) is 18.2 Å². The van der Waals surface area contributed by atoms with Gasteiger partial charge in [0.15, 0.2) is 6.61 Å². The van der Waals surface area contributed by atoms with Crippen LogP contribution in [-0.4, -0.2) is 24.5 Å². The van der Waals surface area contributed by atoms with Gasteiger partial charge in [-0.05, 0) is 43.2 Å². The lowest BCUT2D eigenvalue weighted by Gasteiger charge is -2.22. The molecule has 1 amide bonds. The molecule has 23 heavy (non-hydrogen) atoms. The van der Waals surface area contributed by atoms with Crippen molar-refractivity contribution in [2.45, 2.75) is 19.4 Å². The van der Waals surface area contributed by atoms with Gasteiger partial charge in [0, 0.05) is 11.7 Å². The Labute approximate surface area is 133 Å². The fraction of sp³-hybridized carbons (Fsp3) is 0.222. The minimum absolute atomic E-state index is 0.0211. The predicted octanol–water partition coefficient (Wildman–Crippen LogP) is 2.96. The molecule has 0 radical (unpaired) electrons. The van der Waals surface area contributed by atoms with Gasteiger partial charge in [-0.15, -0.1) is 0 Å². The normalized spacial score (nSPS) is 16.1. The number of nitrogens with zero attached hydrogens (tertiary/aromatic N) is 1. The molecule has 5 heteroatoms. The maximum absolute atomic E-state index is 13.1. The van der Waals surface area contributed by atoms with Crippen molar-refractivity contribution < 1.29 is 18.7 Å². The highest BCUT2D eigenvalue weighted by molar-refractivity contribution is 5.99. The summed E-state index contributed by atoms with van der Waals surface area (Å²) in [6.07, 6.45) is 0.778. The fourth-order valence-electron chi connectivity index (χ4n) is 2.84. The van der Waals surface area contributed by atoms with E-state index in [0.717, 1.165) is 23.7 Å².